The zero-order valence-corrected chi connectivity index (χ0v) is 14.9. The van der Waals surface area contributed by atoms with Crippen LogP contribution < -0.4 is 15.8 Å². The summed E-state index contributed by atoms with van der Waals surface area (Å²) in [5.74, 6) is -0.568. The third-order valence-corrected chi connectivity index (χ3v) is 4.24. The molecule has 0 aliphatic rings. The summed E-state index contributed by atoms with van der Waals surface area (Å²) < 4.78 is 0. The van der Waals surface area contributed by atoms with Gasteiger partial charge in [-0.05, 0) is 36.2 Å². The molecule has 6 heteroatoms. The molecule has 3 rings (SSSR count). The van der Waals surface area contributed by atoms with E-state index in [-0.39, 0.29) is 11.8 Å². The molecule has 0 saturated carbocycles. The fourth-order valence-corrected chi connectivity index (χ4v) is 2.77. The molecule has 6 nitrogen and oxygen atoms in total. The number of para-hydroxylation sites is 1. The van der Waals surface area contributed by atoms with Gasteiger partial charge in [-0.1, -0.05) is 24.3 Å². The Balaban J connectivity index is 1.52. The molecule has 0 atom stereocenters. The van der Waals surface area contributed by atoms with Crippen LogP contribution in [0, 0.1) is 0 Å². The van der Waals surface area contributed by atoms with Crippen LogP contribution in [0.5, 0.6) is 0 Å². The van der Waals surface area contributed by atoms with E-state index in [0.29, 0.717) is 18.4 Å². The number of aromatic amines is 1. The van der Waals surface area contributed by atoms with Crippen LogP contribution in [0.25, 0.3) is 10.9 Å². The van der Waals surface area contributed by atoms with E-state index >= 15 is 0 Å². The summed E-state index contributed by atoms with van der Waals surface area (Å²) in [5.41, 5.74) is 8.50. The first kappa shape index (κ1) is 17.5. The zero-order valence-electron chi connectivity index (χ0n) is 14.9. The highest BCUT2D eigenvalue weighted by molar-refractivity contribution is 5.96. The lowest BCUT2D eigenvalue weighted by atomic mass is 10.1. The highest BCUT2D eigenvalue weighted by Gasteiger charge is 2.10. The van der Waals surface area contributed by atoms with Crippen LogP contribution >= 0.6 is 0 Å². The first-order chi connectivity index (χ1) is 12.5. The Bertz CT molecular complexity index is 930. The summed E-state index contributed by atoms with van der Waals surface area (Å²) in [6, 6.07) is 15.2. The number of hydrazine groups is 1. The zero-order chi connectivity index (χ0) is 18.5. The monoisotopic (exact) mass is 350 g/mol. The molecule has 3 N–H and O–H groups in total. The van der Waals surface area contributed by atoms with Crippen molar-refractivity contribution in [2.45, 2.75) is 12.8 Å². The van der Waals surface area contributed by atoms with Crippen LogP contribution in [0.15, 0.2) is 54.7 Å². The third kappa shape index (κ3) is 4.03. The number of amides is 2. The second-order valence-corrected chi connectivity index (χ2v) is 6.31. The Morgan fingerprint density at radius 2 is 1.85 bits per heavy atom. The molecule has 0 saturated heterocycles. The van der Waals surface area contributed by atoms with E-state index in [1.807, 2.05) is 61.6 Å². The predicted molar refractivity (Wildman–Crippen MR) is 103 cm³/mol. The van der Waals surface area contributed by atoms with Gasteiger partial charge in [0.25, 0.3) is 5.91 Å². The number of nitrogens with zero attached hydrogens (tertiary/aromatic N) is 1. The maximum absolute atomic E-state index is 12.2. The number of aromatic nitrogens is 1. The molecular formula is C20H22N4O2. The Kier molecular flexibility index (Phi) is 5.22. The Morgan fingerprint density at radius 3 is 2.65 bits per heavy atom. The van der Waals surface area contributed by atoms with Crippen molar-refractivity contribution in [2.24, 2.45) is 0 Å². The third-order valence-electron chi connectivity index (χ3n) is 4.24. The first-order valence-corrected chi connectivity index (χ1v) is 8.46. The van der Waals surface area contributed by atoms with E-state index in [1.54, 1.807) is 12.1 Å². The van der Waals surface area contributed by atoms with E-state index < -0.39 is 0 Å². The van der Waals surface area contributed by atoms with Gasteiger partial charge in [0.05, 0.1) is 0 Å². The van der Waals surface area contributed by atoms with Gasteiger partial charge < -0.3 is 9.88 Å². The molecule has 0 bridgehead atoms. The van der Waals surface area contributed by atoms with Crippen molar-refractivity contribution in [3.05, 3.63) is 65.9 Å². The number of nitrogens with one attached hydrogen (secondary N) is 3. The van der Waals surface area contributed by atoms with Crippen LogP contribution in [-0.2, 0) is 11.2 Å². The van der Waals surface area contributed by atoms with Gasteiger partial charge >= 0.3 is 0 Å². The lowest BCUT2D eigenvalue weighted by Gasteiger charge is -2.13. The number of fused-ring (bicyclic) bond motifs is 1. The average molecular weight is 350 g/mol. The van der Waals surface area contributed by atoms with Crippen molar-refractivity contribution in [1.29, 1.82) is 0 Å². The lowest BCUT2D eigenvalue weighted by molar-refractivity contribution is -0.121. The number of benzene rings is 2. The minimum Gasteiger partial charge on any atom is -0.378 e. The number of aryl methyl sites for hydroxylation is 1. The van der Waals surface area contributed by atoms with Crippen LogP contribution in [0.4, 0.5) is 5.69 Å². The Morgan fingerprint density at radius 1 is 1.04 bits per heavy atom. The SMILES string of the molecule is CN(C)c1cccc(C(=O)NNC(=O)CCc2c[nH]c3ccccc23)c1. The number of carbonyl (C=O) groups is 2. The molecule has 2 amide bonds. The highest BCUT2D eigenvalue weighted by atomic mass is 16.2. The van der Waals surface area contributed by atoms with Gasteiger partial charge in [-0.3, -0.25) is 20.4 Å². The van der Waals surface area contributed by atoms with Crippen molar-refractivity contribution in [3.63, 3.8) is 0 Å². The van der Waals surface area contributed by atoms with Gasteiger partial charge in [-0.15, -0.1) is 0 Å². The Hall–Kier alpha value is -3.28. The predicted octanol–water partition coefficient (Wildman–Crippen LogP) is 2.63. The summed E-state index contributed by atoms with van der Waals surface area (Å²) in [4.78, 5) is 29.3. The molecule has 2 aromatic carbocycles. The molecule has 0 aliphatic carbocycles. The molecule has 0 unspecified atom stereocenters. The van der Waals surface area contributed by atoms with Gasteiger partial charge in [-0.2, -0.15) is 0 Å². The van der Waals surface area contributed by atoms with Crippen LogP contribution in [0.2, 0.25) is 0 Å². The van der Waals surface area contributed by atoms with Crippen molar-refractivity contribution < 1.29 is 9.59 Å². The molecule has 134 valence electrons. The number of hydrogen-bond acceptors (Lipinski definition) is 3. The maximum Gasteiger partial charge on any atom is 0.269 e. The molecule has 3 aromatic rings. The average Bonchev–Trinajstić information content (AvgIpc) is 3.07. The summed E-state index contributed by atoms with van der Waals surface area (Å²) in [7, 11) is 3.81. The van der Waals surface area contributed by atoms with Crippen molar-refractivity contribution in [1.82, 2.24) is 15.8 Å². The minimum absolute atomic E-state index is 0.229. The van der Waals surface area contributed by atoms with E-state index in [9.17, 15) is 9.59 Å². The summed E-state index contributed by atoms with van der Waals surface area (Å²) in [6.07, 6.45) is 2.81. The van der Waals surface area contributed by atoms with E-state index in [4.69, 9.17) is 0 Å². The number of H-pyrrole nitrogens is 1. The van der Waals surface area contributed by atoms with Gasteiger partial charge in [0.15, 0.2) is 0 Å². The first-order valence-electron chi connectivity index (χ1n) is 8.46. The smallest absolute Gasteiger partial charge is 0.269 e. The molecule has 26 heavy (non-hydrogen) atoms. The lowest BCUT2D eigenvalue weighted by Crippen LogP contribution is -2.41. The van der Waals surface area contributed by atoms with Crippen molar-refractivity contribution in [3.8, 4) is 0 Å². The van der Waals surface area contributed by atoms with Gasteiger partial charge in [0.2, 0.25) is 5.91 Å². The summed E-state index contributed by atoms with van der Waals surface area (Å²) in [6.45, 7) is 0. The Labute approximate surface area is 152 Å². The van der Waals surface area contributed by atoms with Crippen molar-refractivity contribution in [2.75, 3.05) is 19.0 Å². The summed E-state index contributed by atoms with van der Waals surface area (Å²) >= 11 is 0. The fourth-order valence-electron chi connectivity index (χ4n) is 2.77. The summed E-state index contributed by atoms with van der Waals surface area (Å²) in [5, 5.41) is 1.12. The number of carbonyl (C=O) groups excluding carboxylic acids is 2. The van der Waals surface area contributed by atoms with Crippen molar-refractivity contribution >= 4 is 28.4 Å². The van der Waals surface area contributed by atoms with Gasteiger partial charge in [-0.25, -0.2) is 0 Å². The number of rotatable bonds is 5. The molecule has 1 aromatic heterocycles. The fraction of sp³-hybridized carbons (Fsp3) is 0.200. The number of anilines is 1. The van der Waals surface area contributed by atoms with Crippen LogP contribution in [-0.4, -0.2) is 30.9 Å². The normalized spacial score (nSPS) is 10.5. The maximum atomic E-state index is 12.2. The largest absolute Gasteiger partial charge is 0.378 e. The molecular weight excluding hydrogens is 328 g/mol. The minimum atomic E-state index is -0.339. The molecule has 0 radical (unpaired) electrons. The van der Waals surface area contributed by atoms with E-state index in [0.717, 1.165) is 22.2 Å². The van der Waals surface area contributed by atoms with Gasteiger partial charge in [0.1, 0.15) is 0 Å². The number of hydrogen-bond donors (Lipinski definition) is 3. The second kappa shape index (κ2) is 7.74. The molecule has 0 aliphatic heterocycles. The highest BCUT2D eigenvalue weighted by Crippen LogP contribution is 2.18. The molecule has 0 fully saturated rings. The second-order valence-electron chi connectivity index (χ2n) is 6.31. The molecule has 0 spiro atoms. The quantitative estimate of drug-likeness (QED) is 0.619. The van der Waals surface area contributed by atoms with Crippen LogP contribution in [0.3, 0.4) is 0 Å². The van der Waals surface area contributed by atoms with E-state index in [2.05, 4.69) is 15.8 Å². The van der Waals surface area contributed by atoms with E-state index in [1.165, 1.54) is 0 Å². The van der Waals surface area contributed by atoms with Crippen LogP contribution in [0.1, 0.15) is 22.3 Å². The molecule has 1 heterocycles. The van der Waals surface area contributed by atoms with Gasteiger partial charge in [0, 0.05) is 48.9 Å². The standard InChI is InChI=1S/C20H22N4O2/c1-24(2)16-7-5-6-14(12-16)20(26)23-22-19(25)11-10-15-13-21-18-9-4-3-8-17(15)18/h3-9,12-13,21H,10-11H2,1-2H3,(H,22,25)(H,23,26). The topological polar surface area (TPSA) is 77.2 Å².